The Hall–Kier alpha value is -5.82. The number of nitrogens with zero attached hydrogens (tertiary/aromatic N) is 4. The van der Waals surface area contributed by atoms with Crippen molar-refractivity contribution in [2.75, 3.05) is 7.11 Å². The Bertz CT molecular complexity index is 2200. The van der Waals surface area contributed by atoms with Gasteiger partial charge in [0, 0.05) is 7.11 Å². The number of hydrogen-bond donors (Lipinski definition) is 1. The fraction of sp³-hybridized carbons (Fsp3) is 0.0222. The van der Waals surface area contributed by atoms with Crippen LogP contribution in [0.5, 0.6) is 0 Å². The smallest absolute Gasteiger partial charge is 0.870 e. The van der Waals surface area contributed by atoms with Crippen molar-refractivity contribution in [3.8, 4) is 44.5 Å². The van der Waals surface area contributed by atoms with E-state index in [9.17, 15) is 0 Å². The summed E-state index contributed by atoms with van der Waals surface area (Å²) in [4.78, 5) is 21.2. The maximum atomic E-state index is 7.00. The Labute approximate surface area is 325 Å². The third-order valence-corrected chi connectivity index (χ3v) is 8.86. The zero-order valence-corrected chi connectivity index (χ0v) is 31.3. The Kier molecular flexibility index (Phi) is 12.4. The summed E-state index contributed by atoms with van der Waals surface area (Å²) in [6, 6.07) is 50.0. The van der Waals surface area contributed by atoms with Gasteiger partial charge in [-0.05, 0) is 68.8 Å². The van der Waals surface area contributed by atoms with Gasteiger partial charge >= 0.3 is 24.4 Å². The van der Waals surface area contributed by atoms with Crippen LogP contribution in [0.1, 0.15) is 22.8 Å². The van der Waals surface area contributed by atoms with Crippen LogP contribution in [0.4, 0.5) is 0 Å². The van der Waals surface area contributed by atoms with E-state index in [1.807, 2.05) is 24.3 Å². The SMILES string of the molecule is C1=Cc2nc1c(-c1ccccc1)c1ccc([n-]1)c(-c1ccccc1)c1nc(c(-c3ccccc3)c3ccc([n-]3)c2-c2ccccc2)C=C1.CO.O.[OH-].[Sb+3]. The fourth-order valence-electron chi connectivity index (χ4n) is 6.69. The van der Waals surface area contributed by atoms with Crippen LogP contribution in [-0.4, -0.2) is 57.6 Å². The Morgan fingerprint density at radius 3 is 0.774 bits per heavy atom. The average Bonchev–Trinajstić information content (AvgIpc) is 4.02. The van der Waals surface area contributed by atoms with E-state index in [0.29, 0.717) is 0 Å². The predicted molar refractivity (Wildman–Crippen MR) is 218 cm³/mol. The first-order chi connectivity index (χ1) is 24.8. The molecule has 7 nitrogen and oxygen atoms in total. The summed E-state index contributed by atoms with van der Waals surface area (Å²) in [6.45, 7) is 0. The van der Waals surface area contributed by atoms with E-state index in [1.165, 1.54) is 0 Å². The second-order valence-electron chi connectivity index (χ2n) is 11.8. The van der Waals surface area contributed by atoms with Crippen LogP contribution < -0.4 is 9.97 Å². The van der Waals surface area contributed by atoms with E-state index in [4.69, 9.17) is 25.0 Å². The van der Waals surface area contributed by atoms with Gasteiger partial charge in [0.25, 0.3) is 0 Å². The zero-order chi connectivity index (χ0) is 33.9. The van der Waals surface area contributed by atoms with Crippen molar-refractivity contribution < 1.29 is 16.1 Å². The van der Waals surface area contributed by atoms with Gasteiger partial charge in [0.1, 0.15) is 0 Å². The molecular weight excluding hydrogens is 766 g/mol. The Morgan fingerprint density at radius 2 is 0.566 bits per heavy atom. The molecule has 0 aliphatic carbocycles. The van der Waals surface area contributed by atoms with E-state index in [2.05, 4.69) is 146 Å². The molecule has 258 valence electrons. The zero-order valence-electron chi connectivity index (χ0n) is 28.8. The molecule has 0 unspecified atom stereocenters. The van der Waals surface area contributed by atoms with Gasteiger partial charge in [-0.2, -0.15) is 0 Å². The second kappa shape index (κ2) is 17.1. The standard InChI is InChI=1S/C44H28N4.CH4O.2H2O.Sb/c1-5-13-29(14-6-1)41-33-21-23-35(45-33)42(30-15-7-2-8-16-30)37-25-27-39(47-37)44(32-19-11-4-12-20-32)40-28-26-38(48-40)43(31-17-9-3-10-18-31)36-24-22-34(41)46-36;1-2;;;/h1-28H;2H,1H3;2*1H2;/q-2;;;;+3/p-1. The summed E-state index contributed by atoms with van der Waals surface area (Å²) in [5.74, 6) is 0. The summed E-state index contributed by atoms with van der Waals surface area (Å²) in [5, 5.41) is 7.00. The molecule has 8 heteroatoms. The third kappa shape index (κ3) is 7.42. The fourth-order valence-corrected chi connectivity index (χ4v) is 6.69. The van der Waals surface area contributed by atoms with Crippen LogP contribution in [0, 0.1) is 0 Å². The van der Waals surface area contributed by atoms with Crippen LogP contribution in [0.3, 0.4) is 0 Å². The molecule has 5 heterocycles. The van der Waals surface area contributed by atoms with Gasteiger partial charge in [-0.3, -0.25) is 0 Å². The predicted octanol–water partition coefficient (Wildman–Crippen LogP) is 8.81. The number of benzene rings is 4. The molecule has 7 aromatic rings. The molecule has 9 rings (SSSR count). The summed E-state index contributed by atoms with van der Waals surface area (Å²) in [7, 11) is 1.00. The van der Waals surface area contributed by atoms with Crippen LogP contribution in [-0.2, 0) is 0 Å². The van der Waals surface area contributed by atoms with Gasteiger partial charge in [-0.25, -0.2) is 9.97 Å². The average molecular weight is 802 g/mol. The first kappa shape index (κ1) is 38.4. The van der Waals surface area contributed by atoms with Crippen molar-refractivity contribution in [3.63, 3.8) is 0 Å². The van der Waals surface area contributed by atoms with E-state index in [0.717, 1.165) is 96.5 Å². The third-order valence-electron chi connectivity index (χ3n) is 8.86. The van der Waals surface area contributed by atoms with Crippen LogP contribution in [0.15, 0.2) is 146 Å². The number of rotatable bonds is 4. The molecule has 2 aliphatic heterocycles. The molecule has 2 radical (unpaired) electrons. The monoisotopic (exact) mass is 800 g/mol. The van der Waals surface area contributed by atoms with E-state index >= 15 is 0 Å². The molecule has 2 aliphatic rings. The molecule has 0 fully saturated rings. The molecule has 0 saturated carbocycles. The molecular formula is C45H35N4O3Sb. The maximum Gasteiger partial charge on any atom is 3.00 e. The number of fused-ring (bicyclic) bond motifs is 8. The summed E-state index contributed by atoms with van der Waals surface area (Å²) in [5.41, 5.74) is 15.0. The number of aromatic nitrogens is 4. The van der Waals surface area contributed by atoms with E-state index in [-0.39, 0.29) is 35.4 Å². The topological polar surface area (TPSA) is 136 Å². The minimum Gasteiger partial charge on any atom is -0.870 e. The second-order valence-corrected chi connectivity index (χ2v) is 11.8. The normalized spacial score (nSPS) is 11.0. The van der Waals surface area contributed by atoms with Crippen molar-refractivity contribution in [2.45, 2.75) is 0 Å². The first-order valence-electron chi connectivity index (χ1n) is 16.5. The summed E-state index contributed by atoms with van der Waals surface area (Å²) < 4.78 is 0. The molecule has 3 aromatic heterocycles. The van der Waals surface area contributed by atoms with Gasteiger partial charge in [-0.1, -0.05) is 146 Å². The van der Waals surface area contributed by atoms with Crippen LogP contribution >= 0.6 is 0 Å². The Morgan fingerprint density at radius 1 is 0.358 bits per heavy atom. The van der Waals surface area contributed by atoms with Crippen molar-refractivity contribution in [3.05, 3.63) is 168 Å². The van der Waals surface area contributed by atoms with E-state index < -0.39 is 0 Å². The summed E-state index contributed by atoms with van der Waals surface area (Å²) in [6.07, 6.45) is 8.41. The van der Waals surface area contributed by atoms with E-state index in [1.54, 1.807) is 0 Å². The van der Waals surface area contributed by atoms with Crippen LogP contribution in [0.2, 0.25) is 0 Å². The maximum absolute atomic E-state index is 7.00. The molecule has 53 heavy (non-hydrogen) atoms. The van der Waals surface area contributed by atoms with Crippen molar-refractivity contribution in [1.82, 2.24) is 19.9 Å². The van der Waals surface area contributed by atoms with Gasteiger partial charge in [0.2, 0.25) is 0 Å². The molecule has 4 aromatic carbocycles. The van der Waals surface area contributed by atoms with Gasteiger partial charge < -0.3 is 26.0 Å². The number of aliphatic hydroxyl groups is 1. The molecule has 0 atom stereocenters. The van der Waals surface area contributed by atoms with Crippen molar-refractivity contribution in [2.24, 2.45) is 0 Å². The molecule has 0 spiro atoms. The largest absolute Gasteiger partial charge is 3.00 e. The van der Waals surface area contributed by atoms with Crippen LogP contribution in [0.25, 0.3) is 90.9 Å². The van der Waals surface area contributed by atoms with Gasteiger partial charge in [0.05, 0.1) is 22.8 Å². The summed E-state index contributed by atoms with van der Waals surface area (Å²) >= 11 is 0. The van der Waals surface area contributed by atoms with Gasteiger partial charge in [0.15, 0.2) is 0 Å². The molecule has 8 bridgehead atoms. The van der Waals surface area contributed by atoms with Crippen molar-refractivity contribution >= 4 is 70.8 Å². The minimum absolute atomic E-state index is 0. The minimum atomic E-state index is 0. The number of hydrogen-bond acceptors (Lipinski definition) is 4. The quantitative estimate of drug-likeness (QED) is 0.177. The molecule has 0 amide bonds. The molecule has 4 N–H and O–H groups in total. The first-order valence-corrected chi connectivity index (χ1v) is 16.5. The molecule has 0 saturated heterocycles. The number of aliphatic hydroxyl groups excluding tert-OH is 1. The van der Waals surface area contributed by atoms with Gasteiger partial charge in [-0.15, -0.1) is 22.1 Å². The van der Waals surface area contributed by atoms with Crippen molar-refractivity contribution in [1.29, 1.82) is 0 Å². The Balaban J connectivity index is 0.00000107.